The number of aromatic nitrogens is 1. The zero-order chi connectivity index (χ0) is 26.4. The van der Waals surface area contributed by atoms with Crippen molar-refractivity contribution in [2.45, 2.75) is 39.0 Å². The van der Waals surface area contributed by atoms with Gasteiger partial charge in [0, 0.05) is 29.9 Å². The van der Waals surface area contributed by atoms with Crippen LogP contribution in [-0.4, -0.2) is 41.5 Å². The lowest BCUT2D eigenvalue weighted by molar-refractivity contribution is -0.172. The molecule has 0 radical (unpaired) electrons. The van der Waals surface area contributed by atoms with E-state index in [-0.39, 0.29) is 36.3 Å². The first kappa shape index (κ1) is 25.8. The van der Waals surface area contributed by atoms with Crippen LogP contribution in [0, 0.1) is 5.82 Å². The molecular formula is C25H23FIN3O6. The summed E-state index contributed by atoms with van der Waals surface area (Å²) < 4.78 is 21.5. The molecule has 0 aliphatic carbocycles. The molecule has 1 aromatic heterocycles. The fourth-order valence-corrected chi connectivity index (χ4v) is 5.50. The highest BCUT2D eigenvalue weighted by molar-refractivity contribution is 14.1. The van der Waals surface area contributed by atoms with E-state index in [1.54, 1.807) is 25.8 Å². The maximum absolute atomic E-state index is 14.5. The molecule has 0 amide bonds. The van der Waals surface area contributed by atoms with Crippen LogP contribution in [0.25, 0.3) is 5.57 Å². The highest BCUT2D eigenvalue weighted by atomic mass is 127. The second-order valence-corrected chi connectivity index (χ2v) is 9.52. The summed E-state index contributed by atoms with van der Waals surface area (Å²) >= 11 is 1.98. The third-order valence-corrected chi connectivity index (χ3v) is 7.67. The van der Waals surface area contributed by atoms with Gasteiger partial charge in [0.05, 0.1) is 38.4 Å². The van der Waals surface area contributed by atoms with Crippen LogP contribution in [0.5, 0.6) is 0 Å². The van der Waals surface area contributed by atoms with Gasteiger partial charge in [0.2, 0.25) is 0 Å². The van der Waals surface area contributed by atoms with E-state index in [9.17, 15) is 23.9 Å². The number of hydrogen-bond acceptors (Lipinski definition) is 8. The third-order valence-electron chi connectivity index (χ3n) is 6.51. The number of cyclic esters (lactones) is 1. The Morgan fingerprint density at radius 3 is 2.75 bits per heavy atom. The summed E-state index contributed by atoms with van der Waals surface area (Å²) in [6, 6.07) is 4.10. The molecule has 1 N–H and O–H groups in total. The van der Waals surface area contributed by atoms with Crippen molar-refractivity contribution in [1.82, 2.24) is 4.57 Å². The molecule has 1 aromatic carbocycles. The summed E-state index contributed by atoms with van der Waals surface area (Å²) in [6.45, 7) is 3.08. The number of nitrogens with zero attached hydrogens (tertiary/aromatic N) is 3. The van der Waals surface area contributed by atoms with E-state index in [0.29, 0.717) is 31.8 Å². The van der Waals surface area contributed by atoms with Crippen molar-refractivity contribution >= 4 is 51.5 Å². The van der Waals surface area contributed by atoms with Crippen molar-refractivity contribution in [3.8, 4) is 0 Å². The number of esters is 1. The topological polar surface area (TPSA) is 110 Å². The molecule has 36 heavy (non-hydrogen) atoms. The van der Waals surface area contributed by atoms with Gasteiger partial charge in [0.25, 0.3) is 5.56 Å². The zero-order valence-electron chi connectivity index (χ0n) is 20.0. The Bertz CT molecular complexity index is 1460. The number of oxime groups is 1. The molecule has 0 saturated heterocycles. The molecule has 1 atom stereocenters. The number of likely N-dealkylation sites (N-methyl/N-ethyl adjacent to an activating group) is 1. The second-order valence-electron chi connectivity index (χ2n) is 8.44. The maximum atomic E-state index is 14.5. The fraction of sp³-hybridized carbons (Fsp3) is 0.320. The largest absolute Gasteiger partial charge is 0.458 e. The summed E-state index contributed by atoms with van der Waals surface area (Å²) in [4.78, 5) is 44.2. The van der Waals surface area contributed by atoms with Crippen LogP contribution < -0.4 is 10.5 Å². The lowest BCUT2D eigenvalue weighted by Crippen LogP contribution is -2.44. The third kappa shape index (κ3) is 3.97. The minimum absolute atomic E-state index is 0.0429. The molecule has 0 spiro atoms. The maximum Gasteiger partial charge on any atom is 0.343 e. The van der Waals surface area contributed by atoms with Crippen LogP contribution in [0.3, 0.4) is 0 Å². The molecule has 2 aromatic rings. The van der Waals surface area contributed by atoms with Gasteiger partial charge < -0.3 is 24.1 Å². The van der Waals surface area contributed by atoms with E-state index in [4.69, 9.17) is 9.57 Å². The molecule has 4 rings (SSSR count). The van der Waals surface area contributed by atoms with E-state index < -0.39 is 22.9 Å². The van der Waals surface area contributed by atoms with Gasteiger partial charge in [0.15, 0.2) is 5.60 Å². The second kappa shape index (κ2) is 9.64. The van der Waals surface area contributed by atoms with E-state index in [1.807, 2.05) is 28.5 Å². The molecule has 11 heteroatoms. The highest BCUT2D eigenvalue weighted by Crippen LogP contribution is 2.44. The standard InChI is InChI=1S/C25H23FIN3O6/c1-5-25(34)19-6-7-30(23(32)18(19)12-36-24(25)33)10-20-21(27)17(11-31)16-9-14(26)8-15(13(2)28-35-4)22(16)29(20)3/h6-9,34H,5,10,12H2,1-4H3/b28-13-/t25-/m0/s1. The number of anilines is 1. The number of allylic oxidation sites excluding steroid dienone is 3. The first-order valence-corrected chi connectivity index (χ1v) is 12.1. The quantitative estimate of drug-likeness (QED) is 0.183. The van der Waals surface area contributed by atoms with Crippen LogP contribution >= 0.6 is 22.6 Å². The predicted octanol–water partition coefficient (Wildman–Crippen LogP) is 3.02. The molecule has 2 aliphatic heterocycles. The Kier molecular flexibility index (Phi) is 6.91. The van der Waals surface area contributed by atoms with Crippen molar-refractivity contribution < 1.29 is 28.7 Å². The van der Waals surface area contributed by atoms with Gasteiger partial charge in [-0.15, -0.1) is 0 Å². The fourth-order valence-electron chi connectivity index (χ4n) is 4.57. The van der Waals surface area contributed by atoms with E-state index in [2.05, 4.69) is 5.16 Å². The number of carbonyl (C=O) groups is 1. The summed E-state index contributed by atoms with van der Waals surface area (Å²) in [5.74, 6) is 0.581. The summed E-state index contributed by atoms with van der Waals surface area (Å²) in [7, 11) is 3.13. The van der Waals surface area contributed by atoms with E-state index in [0.717, 1.165) is 0 Å². The predicted molar refractivity (Wildman–Crippen MR) is 139 cm³/mol. The van der Waals surface area contributed by atoms with Crippen LogP contribution in [0.15, 0.2) is 43.6 Å². The van der Waals surface area contributed by atoms with Crippen LogP contribution in [-0.2, 0) is 37.9 Å². The number of ether oxygens (including phenoxy) is 1. The van der Waals surface area contributed by atoms with Gasteiger partial charge in [-0.1, -0.05) is 12.1 Å². The van der Waals surface area contributed by atoms with Gasteiger partial charge in [0.1, 0.15) is 25.5 Å². The molecule has 0 unspecified atom stereocenters. The first-order chi connectivity index (χ1) is 17.1. The van der Waals surface area contributed by atoms with Crippen LogP contribution in [0.2, 0.25) is 0 Å². The number of benzene rings is 1. The van der Waals surface area contributed by atoms with E-state index in [1.165, 1.54) is 36.1 Å². The number of rotatable bonds is 5. The molecule has 9 nitrogen and oxygen atoms in total. The molecule has 188 valence electrons. The van der Waals surface area contributed by atoms with Crippen molar-refractivity contribution in [1.29, 1.82) is 0 Å². The molecule has 0 saturated carbocycles. The minimum atomic E-state index is -1.88. The molecule has 3 heterocycles. The average molecular weight is 607 g/mol. The minimum Gasteiger partial charge on any atom is -0.458 e. The Morgan fingerprint density at radius 2 is 2.11 bits per heavy atom. The summed E-state index contributed by atoms with van der Waals surface area (Å²) in [5.41, 5.74) is 0.516. The Hall–Kier alpha value is -3.28. The van der Waals surface area contributed by atoms with Crippen molar-refractivity contribution in [3.63, 3.8) is 0 Å². The lowest BCUT2D eigenvalue weighted by Gasteiger charge is -2.34. The van der Waals surface area contributed by atoms with Crippen molar-refractivity contribution in [2.24, 2.45) is 5.16 Å². The zero-order valence-corrected chi connectivity index (χ0v) is 22.2. The smallest absolute Gasteiger partial charge is 0.343 e. The number of fused-ring (bicyclic) bond motifs is 2. The monoisotopic (exact) mass is 607 g/mol. The highest BCUT2D eigenvalue weighted by Gasteiger charge is 2.44. The van der Waals surface area contributed by atoms with Crippen molar-refractivity contribution in [2.75, 3.05) is 19.1 Å². The number of aliphatic hydroxyl groups is 1. The van der Waals surface area contributed by atoms with E-state index >= 15 is 0 Å². The molecule has 0 bridgehead atoms. The summed E-state index contributed by atoms with van der Waals surface area (Å²) in [6.07, 6.45) is 1.55. The normalized spacial score (nSPS) is 19.5. The first-order valence-electron chi connectivity index (χ1n) is 11.0. The molecule has 2 aliphatic rings. The van der Waals surface area contributed by atoms with Gasteiger partial charge in [-0.25, -0.2) is 14.0 Å². The average Bonchev–Trinajstić information content (AvgIpc) is 2.85. The van der Waals surface area contributed by atoms with Gasteiger partial charge >= 0.3 is 5.97 Å². The molecule has 0 fully saturated rings. The number of carbonyl (C=O) groups excluding carboxylic acids is 2. The Morgan fingerprint density at radius 1 is 1.39 bits per heavy atom. The Balaban J connectivity index is 1.86. The lowest BCUT2D eigenvalue weighted by atomic mass is 9.87. The van der Waals surface area contributed by atoms with Gasteiger partial charge in [-0.3, -0.25) is 4.79 Å². The Labute approximate surface area is 219 Å². The SMILES string of the molecule is CC[C@@]1(O)C(=O)OCc2c1ccn(CC1=C(I)C(=C=O)c3cc(F)cc(/C(C)=N\OC)c3N1C)c2=O. The van der Waals surface area contributed by atoms with Gasteiger partial charge in [-0.2, -0.15) is 0 Å². The van der Waals surface area contributed by atoms with Crippen LogP contribution in [0.1, 0.15) is 42.5 Å². The number of hydrogen-bond donors (Lipinski definition) is 1. The number of halogens is 2. The van der Waals surface area contributed by atoms with Crippen LogP contribution in [0.4, 0.5) is 10.1 Å². The summed E-state index contributed by atoms with van der Waals surface area (Å²) in [5, 5.41) is 14.7. The number of pyridine rings is 1. The molecular weight excluding hydrogens is 584 g/mol. The van der Waals surface area contributed by atoms with Crippen molar-refractivity contribution in [3.05, 3.63) is 72.1 Å². The van der Waals surface area contributed by atoms with Gasteiger partial charge in [-0.05, 0) is 54.1 Å².